The van der Waals surface area contributed by atoms with Crippen molar-refractivity contribution in [3.8, 4) is 90.8 Å². The minimum absolute atomic E-state index is 0.505. The van der Waals surface area contributed by atoms with Crippen LogP contribution in [0.15, 0.2) is 121 Å². The van der Waals surface area contributed by atoms with Gasteiger partial charge in [-0.25, -0.2) is 9.97 Å². The van der Waals surface area contributed by atoms with Crippen molar-refractivity contribution in [1.29, 1.82) is 0 Å². The minimum Gasteiger partial charge on any atom is -0.494 e. The van der Waals surface area contributed by atoms with E-state index in [0.29, 0.717) is 49.5 Å². The second kappa shape index (κ2) is 31.7. The Morgan fingerprint density at radius 3 is 0.718 bits per heavy atom. The molecule has 0 atom stereocenters. The van der Waals surface area contributed by atoms with Crippen molar-refractivity contribution in [1.82, 2.24) is 30.4 Å². The summed E-state index contributed by atoms with van der Waals surface area (Å²) in [6, 6.07) is 40.6. The summed E-state index contributed by atoms with van der Waals surface area (Å²) in [6.07, 6.45) is 18.5. The van der Waals surface area contributed by atoms with Gasteiger partial charge in [0.15, 0.2) is 11.6 Å². The maximum absolute atomic E-state index is 6.21. The number of nitrogens with zero attached hydrogens (tertiary/aromatic N) is 6. The third-order valence-electron chi connectivity index (χ3n) is 16.0. The number of benzene rings is 5. The minimum atomic E-state index is 0.505. The Balaban J connectivity index is 1.14. The zero-order valence-corrected chi connectivity index (χ0v) is 48.3. The SMILES string of the molecule is CCC(CC)CCCOc1ccc(-c2nnc(-c3ccc(-c4nnc(-c5ccc(OCCCC(CC)CC)cc5)c(-c5ccc(OCCCC(CC)CC)cc5)n4)cc3)nc2-c2ccc(OCCCC(CC)CC)cc2)cc1. The first-order valence-electron chi connectivity index (χ1n) is 29.8. The average Bonchev–Trinajstić information content (AvgIpc) is 3.57. The van der Waals surface area contributed by atoms with Crippen LogP contribution in [0.2, 0.25) is 0 Å². The summed E-state index contributed by atoms with van der Waals surface area (Å²) < 4.78 is 24.8. The molecule has 0 fully saturated rings. The first kappa shape index (κ1) is 59.0. The molecule has 2 aromatic heterocycles. The van der Waals surface area contributed by atoms with E-state index in [2.05, 4.69) is 79.7 Å². The number of hydrogen-bond acceptors (Lipinski definition) is 10. The van der Waals surface area contributed by atoms with Gasteiger partial charge in [0, 0.05) is 33.4 Å². The third-order valence-corrected chi connectivity index (χ3v) is 16.0. The predicted octanol–water partition coefficient (Wildman–Crippen LogP) is 18.4. The standard InChI is InChI=1S/C68H88N6O4/c1-9-49(10-2)21-17-45-75-59-37-29-53(30-38-59)63-65(55-33-41-61(42-34-55)77-47-19-23-51(13-5)14-6)71-73-67(69-63)57-25-27-58(28-26-57)68-70-64(54-31-39-60(40-32-54)76-46-18-22-50(11-3)12-4)66(72-74-68)56-35-43-62(44-36-56)78-48-20-24-52(15-7)16-8/h25-44,49-52H,9-24,45-48H2,1-8H3. The highest BCUT2D eigenvalue weighted by molar-refractivity contribution is 5.81. The van der Waals surface area contributed by atoms with Gasteiger partial charge in [-0.2, -0.15) is 0 Å². The molecule has 0 amide bonds. The predicted molar refractivity (Wildman–Crippen MR) is 321 cm³/mol. The normalized spacial score (nSPS) is 11.5. The summed E-state index contributed by atoms with van der Waals surface area (Å²) in [5.74, 6) is 7.37. The zero-order chi connectivity index (χ0) is 54.9. The molecule has 0 bridgehead atoms. The lowest BCUT2D eigenvalue weighted by Crippen LogP contribution is -2.03. The van der Waals surface area contributed by atoms with Gasteiger partial charge in [0.05, 0.1) is 26.4 Å². The van der Waals surface area contributed by atoms with Gasteiger partial charge in [-0.05, 0) is 172 Å². The van der Waals surface area contributed by atoms with Crippen LogP contribution in [0.5, 0.6) is 23.0 Å². The van der Waals surface area contributed by atoms with Gasteiger partial charge >= 0.3 is 0 Å². The highest BCUT2D eigenvalue weighted by atomic mass is 16.5. The number of rotatable bonds is 34. The van der Waals surface area contributed by atoms with Gasteiger partial charge in [-0.3, -0.25) is 0 Å². The molecule has 0 aliphatic rings. The second-order valence-corrected chi connectivity index (χ2v) is 21.0. The van der Waals surface area contributed by atoms with E-state index in [-0.39, 0.29) is 0 Å². The number of aromatic nitrogens is 6. The van der Waals surface area contributed by atoms with Gasteiger partial charge < -0.3 is 18.9 Å². The fourth-order valence-corrected chi connectivity index (χ4v) is 10.3. The fourth-order valence-electron chi connectivity index (χ4n) is 10.3. The molecular formula is C68H88N6O4. The van der Waals surface area contributed by atoms with Crippen molar-refractivity contribution in [2.45, 2.75) is 158 Å². The largest absolute Gasteiger partial charge is 0.494 e. The van der Waals surface area contributed by atoms with E-state index in [1.54, 1.807) is 0 Å². The summed E-state index contributed by atoms with van der Waals surface area (Å²) in [7, 11) is 0. The van der Waals surface area contributed by atoms with Gasteiger partial charge in [-0.1, -0.05) is 131 Å². The molecule has 78 heavy (non-hydrogen) atoms. The average molecular weight is 1050 g/mol. The second-order valence-electron chi connectivity index (χ2n) is 21.0. The van der Waals surface area contributed by atoms with Crippen LogP contribution >= 0.6 is 0 Å². The van der Waals surface area contributed by atoms with Crippen LogP contribution in [-0.2, 0) is 0 Å². The molecule has 0 N–H and O–H groups in total. The molecule has 0 saturated heterocycles. The van der Waals surface area contributed by atoms with Crippen LogP contribution in [0.1, 0.15) is 158 Å². The lowest BCUT2D eigenvalue weighted by atomic mass is 9.98. The van der Waals surface area contributed by atoms with Crippen LogP contribution in [0.4, 0.5) is 0 Å². The van der Waals surface area contributed by atoms with Gasteiger partial charge in [0.25, 0.3) is 0 Å². The summed E-state index contributed by atoms with van der Waals surface area (Å²) >= 11 is 0. The van der Waals surface area contributed by atoms with Crippen molar-refractivity contribution in [3.63, 3.8) is 0 Å². The molecule has 0 spiro atoms. The highest BCUT2D eigenvalue weighted by Crippen LogP contribution is 2.35. The topological polar surface area (TPSA) is 114 Å². The summed E-state index contributed by atoms with van der Waals surface area (Å²) in [5, 5.41) is 19.2. The Kier molecular flexibility index (Phi) is 23.9. The van der Waals surface area contributed by atoms with Gasteiger partial charge in [-0.15, -0.1) is 20.4 Å². The van der Waals surface area contributed by atoms with E-state index in [1.165, 1.54) is 77.0 Å². The molecular weight excluding hydrogens is 965 g/mol. The molecule has 0 radical (unpaired) electrons. The maximum atomic E-state index is 6.21. The van der Waals surface area contributed by atoms with Crippen molar-refractivity contribution >= 4 is 0 Å². The molecule has 0 unspecified atom stereocenters. The Morgan fingerprint density at radius 1 is 0.269 bits per heavy atom. The summed E-state index contributed by atoms with van der Waals surface area (Å²) in [4.78, 5) is 10.5. The summed E-state index contributed by atoms with van der Waals surface area (Å²) in [5.41, 5.74) is 8.10. The van der Waals surface area contributed by atoms with Crippen molar-refractivity contribution < 1.29 is 18.9 Å². The van der Waals surface area contributed by atoms with Crippen LogP contribution in [0, 0.1) is 23.7 Å². The van der Waals surface area contributed by atoms with Crippen LogP contribution in [-0.4, -0.2) is 56.8 Å². The Bertz CT molecular complexity index is 2590. The Morgan fingerprint density at radius 2 is 0.487 bits per heavy atom. The molecule has 10 nitrogen and oxygen atoms in total. The summed E-state index contributed by atoms with van der Waals surface area (Å²) in [6.45, 7) is 21.0. The van der Waals surface area contributed by atoms with E-state index in [4.69, 9.17) is 49.3 Å². The fraction of sp³-hybridized carbons (Fsp3) is 0.471. The van der Waals surface area contributed by atoms with E-state index in [9.17, 15) is 0 Å². The van der Waals surface area contributed by atoms with Crippen molar-refractivity contribution in [2.24, 2.45) is 23.7 Å². The first-order valence-corrected chi connectivity index (χ1v) is 29.8. The first-order chi connectivity index (χ1) is 38.3. The van der Waals surface area contributed by atoms with E-state index >= 15 is 0 Å². The lowest BCUT2D eigenvalue weighted by molar-refractivity contribution is 0.288. The zero-order valence-electron chi connectivity index (χ0n) is 48.3. The van der Waals surface area contributed by atoms with Gasteiger partial charge in [0.1, 0.15) is 45.8 Å². The molecule has 10 heteroatoms. The molecule has 7 rings (SSSR count). The number of hydrogen-bond donors (Lipinski definition) is 0. The lowest BCUT2D eigenvalue weighted by Gasteiger charge is -2.14. The Labute approximate surface area is 467 Å². The van der Waals surface area contributed by atoms with E-state index in [1.807, 2.05) is 97.1 Å². The van der Waals surface area contributed by atoms with Crippen molar-refractivity contribution in [2.75, 3.05) is 26.4 Å². The Hall–Kier alpha value is -6.68. The molecule has 7 aromatic rings. The quantitative estimate of drug-likeness (QED) is 0.0361. The number of ether oxygens (including phenoxy) is 4. The monoisotopic (exact) mass is 1050 g/mol. The van der Waals surface area contributed by atoms with Crippen LogP contribution in [0.25, 0.3) is 67.8 Å². The van der Waals surface area contributed by atoms with Crippen LogP contribution in [0.3, 0.4) is 0 Å². The maximum Gasteiger partial charge on any atom is 0.182 e. The van der Waals surface area contributed by atoms with Crippen molar-refractivity contribution in [3.05, 3.63) is 121 Å². The molecule has 0 aliphatic heterocycles. The molecule has 414 valence electrons. The highest BCUT2D eigenvalue weighted by Gasteiger charge is 2.19. The molecule has 0 saturated carbocycles. The molecule has 2 heterocycles. The van der Waals surface area contributed by atoms with Gasteiger partial charge in [0.2, 0.25) is 0 Å². The molecule has 5 aromatic carbocycles. The van der Waals surface area contributed by atoms with Crippen LogP contribution < -0.4 is 18.9 Å². The van der Waals surface area contributed by atoms with E-state index in [0.717, 1.165) is 117 Å². The third kappa shape index (κ3) is 17.2. The molecule has 0 aliphatic carbocycles. The van der Waals surface area contributed by atoms with E-state index < -0.39 is 0 Å². The smallest absolute Gasteiger partial charge is 0.182 e.